The number of nitrogens with one attached hydrogen (secondary N) is 1. The first-order valence-corrected chi connectivity index (χ1v) is 11.9. The van der Waals surface area contributed by atoms with Gasteiger partial charge in [-0.05, 0) is 64.7 Å². The van der Waals surface area contributed by atoms with Gasteiger partial charge in [-0.15, -0.1) is 0 Å². The molecule has 6 N–H and O–H groups in total. The zero-order valence-electron chi connectivity index (χ0n) is 21.9. The standard InChI is InChI=1S/C28H40N4O2/c1-9-11-12-13-20(24(31-8)17(5)10-2)26-22(16(3)4)23(28(30)34)27(29)32(26)25-18(6)14-15-21(33)19(25)7/h12-15,31,33H,9-11,29H2,1-8H3,(H2,30,34)/b13-12-,24-17?,26-20+. The van der Waals surface area contributed by atoms with Gasteiger partial charge in [0.05, 0.1) is 16.6 Å². The van der Waals surface area contributed by atoms with Crippen LogP contribution in [0.1, 0.15) is 75.4 Å². The summed E-state index contributed by atoms with van der Waals surface area (Å²) in [6.45, 7) is 14.1. The number of nitrogens with two attached hydrogens (primary N) is 2. The van der Waals surface area contributed by atoms with Crippen LogP contribution in [0, 0.1) is 13.8 Å². The van der Waals surface area contributed by atoms with Crippen LogP contribution >= 0.6 is 0 Å². The molecule has 0 saturated carbocycles. The summed E-state index contributed by atoms with van der Waals surface area (Å²) >= 11 is 0. The lowest BCUT2D eigenvalue weighted by Crippen LogP contribution is -2.37. The van der Waals surface area contributed by atoms with Gasteiger partial charge in [-0.1, -0.05) is 44.1 Å². The predicted molar refractivity (Wildman–Crippen MR) is 143 cm³/mol. The number of anilines is 1. The van der Waals surface area contributed by atoms with Gasteiger partial charge in [0.15, 0.2) is 0 Å². The summed E-state index contributed by atoms with van der Waals surface area (Å²) in [5.41, 5.74) is 19.2. The largest absolute Gasteiger partial charge is 0.508 e. The Morgan fingerprint density at radius 3 is 2.32 bits per heavy atom. The maximum absolute atomic E-state index is 12.7. The summed E-state index contributed by atoms with van der Waals surface area (Å²) in [5, 5.41) is 15.5. The molecule has 0 unspecified atom stereocenters. The number of primary amides is 1. The smallest absolute Gasteiger partial charge is 0.253 e. The van der Waals surface area contributed by atoms with E-state index in [2.05, 4.69) is 38.2 Å². The number of hydrogen-bond donors (Lipinski definition) is 4. The summed E-state index contributed by atoms with van der Waals surface area (Å²) in [7, 11) is 1.90. The Bertz CT molecular complexity index is 1270. The third-order valence-corrected chi connectivity index (χ3v) is 6.25. The normalized spacial score (nSPS) is 13.2. The first-order valence-electron chi connectivity index (χ1n) is 11.9. The second-order valence-electron chi connectivity index (χ2n) is 8.92. The van der Waals surface area contributed by atoms with E-state index < -0.39 is 5.91 Å². The van der Waals surface area contributed by atoms with Gasteiger partial charge in [-0.3, -0.25) is 9.36 Å². The number of hydrogen-bond acceptors (Lipinski definition) is 4. The summed E-state index contributed by atoms with van der Waals surface area (Å²) in [6, 6.07) is 3.53. The maximum atomic E-state index is 12.7. The van der Waals surface area contributed by atoms with Gasteiger partial charge in [0, 0.05) is 29.1 Å². The Morgan fingerprint density at radius 2 is 1.82 bits per heavy atom. The Kier molecular flexibility index (Phi) is 8.80. The van der Waals surface area contributed by atoms with Crippen molar-refractivity contribution in [1.82, 2.24) is 9.88 Å². The van der Waals surface area contributed by atoms with Crippen molar-refractivity contribution < 1.29 is 9.90 Å². The molecule has 0 spiro atoms. The Hall–Kier alpha value is -3.41. The van der Waals surface area contributed by atoms with Gasteiger partial charge in [0.1, 0.15) is 11.6 Å². The summed E-state index contributed by atoms with van der Waals surface area (Å²) in [4.78, 5) is 12.7. The minimum atomic E-state index is -0.580. The van der Waals surface area contributed by atoms with Crippen LogP contribution in [0.15, 0.2) is 35.6 Å². The van der Waals surface area contributed by atoms with Crippen molar-refractivity contribution in [3.05, 3.63) is 62.8 Å². The SMILES string of the molecule is CCC/C=C\C(C(NC)=C(C)CC)=c1\c(=C(C)C)c(C(N)=O)c(N)n1-c1c(C)ccc(O)c1C. The molecule has 0 atom stereocenters. The molecule has 1 amide bonds. The molecular formula is C28H40N4O2. The van der Waals surface area contributed by atoms with E-state index in [1.54, 1.807) is 6.07 Å². The predicted octanol–water partition coefficient (Wildman–Crippen LogP) is 4.08. The van der Waals surface area contributed by atoms with E-state index in [1.165, 1.54) is 5.57 Å². The lowest BCUT2D eigenvalue weighted by Gasteiger charge is -2.18. The number of phenolic OH excluding ortho intramolecular Hbond substituents is 1. The number of phenols is 1. The quantitative estimate of drug-likeness (QED) is 0.472. The molecule has 0 aliphatic carbocycles. The number of allylic oxidation sites excluding steroid dienone is 3. The highest BCUT2D eigenvalue weighted by molar-refractivity contribution is 5.99. The molecule has 0 aliphatic heterocycles. The fraction of sp³-hybridized carbons (Fsp3) is 0.393. The van der Waals surface area contributed by atoms with E-state index in [0.717, 1.165) is 57.9 Å². The molecule has 0 bridgehead atoms. The topological polar surface area (TPSA) is 106 Å². The molecule has 1 aromatic heterocycles. The molecule has 1 heterocycles. The van der Waals surface area contributed by atoms with Crippen LogP contribution in [0.3, 0.4) is 0 Å². The van der Waals surface area contributed by atoms with E-state index in [-0.39, 0.29) is 11.6 Å². The zero-order chi connectivity index (χ0) is 25.7. The number of nitrogen functional groups attached to an aromatic ring is 1. The Labute approximate surface area is 203 Å². The number of amides is 1. The highest BCUT2D eigenvalue weighted by Crippen LogP contribution is 2.29. The van der Waals surface area contributed by atoms with Crippen molar-refractivity contribution in [3.8, 4) is 11.4 Å². The van der Waals surface area contributed by atoms with Crippen LogP contribution in [-0.2, 0) is 0 Å². The number of benzene rings is 1. The molecule has 34 heavy (non-hydrogen) atoms. The zero-order valence-corrected chi connectivity index (χ0v) is 21.9. The van der Waals surface area contributed by atoms with Crippen molar-refractivity contribution in [2.45, 2.75) is 67.7 Å². The van der Waals surface area contributed by atoms with Crippen molar-refractivity contribution in [1.29, 1.82) is 0 Å². The molecule has 0 saturated heterocycles. The third-order valence-electron chi connectivity index (χ3n) is 6.25. The van der Waals surface area contributed by atoms with Gasteiger partial charge >= 0.3 is 0 Å². The number of aromatic hydroxyl groups is 1. The monoisotopic (exact) mass is 464 g/mol. The van der Waals surface area contributed by atoms with Gasteiger partial charge in [-0.2, -0.15) is 0 Å². The summed E-state index contributed by atoms with van der Waals surface area (Å²) in [5.74, 6) is -0.152. The molecule has 0 fully saturated rings. The van der Waals surface area contributed by atoms with Gasteiger partial charge in [0.2, 0.25) is 0 Å². The van der Waals surface area contributed by atoms with Crippen molar-refractivity contribution in [2.75, 3.05) is 12.8 Å². The number of carbonyl (C=O) groups excluding carboxylic acids is 1. The van der Waals surface area contributed by atoms with Gasteiger partial charge in [0.25, 0.3) is 5.91 Å². The van der Waals surface area contributed by atoms with Crippen LogP contribution in [0.5, 0.6) is 5.75 Å². The summed E-state index contributed by atoms with van der Waals surface area (Å²) < 4.78 is 1.89. The van der Waals surface area contributed by atoms with E-state index >= 15 is 0 Å². The van der Waals surface area contributed by atoms with E-state index in [0.29, 0.717) is 11.1 Å². The minimum Gasteiger partial charge on any atom is -0.508 e. The molecule has 6 nitrogen and oxygen atoms in total. The molecule has 0 radical (unpaired) electrons. The first kappa shape index (κ1) is 26.8. The van der Waals surface area contributed by atoms with Crippen LogP contribution < -0.4 is 27.4 Å². The Morgan fingerprint density at radius 1 is 1.18 bits per heavy atom. The van der Waals surface area contributed by atoms with Crippen molar-refractivity contribution in [2.24, 2.45) is 5.73 Å². The number of carbonyl (C=O) groups is 1. The second kappa shape index (κ2) is 11.1. The van der Waals surface area contributed by atoms with E-state index in [9.17, 15) is 9.90 Å². The number of nitrogens with zero attached hydrogens (tertiary/aromatic N) is 1. The number of aromatic nitrogens is 1. The third kappa shape index (κ3) is 4.91. The fourth-order valence-corrected chi connectivity index (χ4v) is 4.39. The molecular weight excluding hydrogens is 424 g/mol. The molecule has 6 heteroatoms. The van der Waals surface area contributed by atoms with Crippen LogP contribution in [0.25, 0.3) is 16.8 Å². The first-order chi connectivity index (χ1) is 16.0. The average Bonchev–Trinajstić information content (AvgIpc) is 3.09. The number of aryl methyl sites for hydroxylation is 1. The molecule has 184 valence electrons. The fourth-order valence-electron chi connectivity index (χ4n) is 4.39. The minimum absolute atomic E-state index is 0.163. The van der Waals surface area contributed by atoms with Crippen molar-refractivity contribution >= 4 is 22.9 Å². The van der Waals surface area contributed by atoms with E-state index in [1.807, 2.05) is 45.4 Å². The van der Waals surface area contributed by atoms with E-state index in [4.69, 9.17) is 11.5 Å². The molecule has 1 aromatic carbocycles. The average molecular weight is 465 g/mol. The van der Waals surface area contributed by atoms with Crippen LogP contribution in [-0.4, -0.2) is 22.6 Å². The lowest BCUT2D eigenvalue weighted by atomic mass is 10.0. The number of unbranched alkanes of at least 4 members (excludes halogenated alkanes) is 1. The second-order valence-corrected chi connectivity index (χ2v) is 8.92. The highest BCUT2D eigenvalue weighted by Gasteiger charge is 2.24. The van der Waals surface area contributed by atoms with Gasteiger partial charge in [-0.25, -0.2) is 0 Å². The van der Waals surface area contributed by atoms with Crippen molar-refractivity contribution in [3.63, 3.8) is 0 Å². The molecule has 2 rings (SSSR count). The number of rotatable bonds is 8. The summed E-state index contributed by atoms with van der Waals surface area (Å²) in [6.07, 6.45) is 7.03. The maximum Gasteiger partial charge on any atom is 0.253 e. The Balaban J connectivity index is 3.46. The van der Waals surface area contributed by atoms with Crippen LogP contribution in [0.4, 0.5) is 5.82 Å². The highest BCUT2D eigenvalue weighted by atomic mass is 16.3. The molecule has 0 aliphatic rings. The lowest BCUT2D eigenvalue weighted by molar-refractivity contribution is 0.100. The van der Waals surface area contributed by atoms with Crippen LogP contribution in [0.2, 0.25) is 0 Å². The molecule has 2 aromatic rings. The van der Waals surface area contributed by atoms with Gasteiger partial charge < -0.3 is 21.9 Å².